The van der Waals surface area contributed by atoms with E-state index >= 15 is 0 Å². The third-order valence-corrected chi connectivity index (χ3v) is 4.58. The van der Waals surface area contributed by atoms with Crippen molar-refractivity contribution in [1.82, 2.24) is 0 Å². The van der Waals surface area contributed by atoms with Crippen molar-refractivity contribution < 1.29 is 4.79 Å². The zero-order valence-corrected chi connectivity index (χ0v) is 9.10. The molecule has 2 saturated carbocycles. The number of carbonyl (C=O) groups is 1. The topological polar surface area (TPSA) is 17.1 Å². The SMILES string of the molecule is CC1(C)C2CCC(C2)C1CC(=O)Cl. The summed E-state index contributed by atoms with van der Waals surface area (Å²) in [5.41, 5.74) is 0.355. The van der Waals surface area contributed by atoms with E-state index in [0.29, 0.717) is 17.8 Å². The number of hydrogen-bond acceptors (Lipinski definition) is 1. The maximum Gasteiger partial charge on any atom is 0.221 e. The fourth-order valence-electron chi connectivity index (χ4n) is 3.57. The number of hydrogen-bond donors (Lipinski definition) is 0. The van der Waals surface area contributed by atoms with Crippen LogP contribution in [0.5, 0.6) is 0 Å². The number of rotatable bonds is 2. The van der Waals surface area contributed by atoms with Gasteiger partial charge in [0, 0.05) is 6.42 Å². The highest BCUT2D eigenvalue weighted by Gasteiger charge is 2.52. The van der Waals surface area contributed by atoms with E-state index < -0.39 is 0 Å². The van der Waals surface area contributed by atoms with E-state index in [-0.39, 0.29) is 5.24 Å². The van der Waals surface area contributed by atoms with Crippen LogP contribution in [0.25, 0.3) is 0 Å². The molecule has 2 rings (SSSR count). The lowest BCUT2D eigenvalue weighted by Crippen LogP contribution is -2.31. The molecule has 2 aliphatic carbocycles. The molecular weight excluding hydrogens is 184 g/mol. The van der Waals surface area contributed by atoms with Crippen LogP contribution in [0, 0.1) is 23.2 Å². The molecule has 1 nitrogen and oxygen atoms in total. The minimum atomic E-state index is -0.148. The van der Waals surface area contributed by atoms with Crippen LogP contribution in [0.2, 0.25) is 0 Å². The first kappa shape index (κ1) is 9.51. The Morgan fingerprint density at radius 1 is 1.46 bits per heavy atom. The van der Waals surface area contributed by atoms with Crippen LogP contribution in [0.4, 0.5) is 0 Å². The Hall–Kier alpha value is -0.0400. The van der Waals surface area contributed by atoms with Gasteiger partial charge in [-0.1, -0.05) is 13.8 Å². The normalized spacial score (nSPS) is 41.0. The van der Waals surface area contributed by atoms with Gasteiger partial charge < -0.3 is 0 Å². The first-order valence-corrected chi connectivity index (χ1v) is 5.58. The molecule has 0 aromatic carbocycles. The third-order valence-electron chi connectivity index (χ3n) is 4.43. The highest BCUT2D eigenvalue weighted by molar-refractivity contribution is 6.63. The summed E-state index contributed by atoms with van der Waals surface area (Å²) in [4.78, 5) is 10.9. The molecule has 13 heavy (non-hydrogen) atoms. The van der Waals surface area contributed by atoms with Crippen molar-refractivity contribution in [3.8, 4) is 0 Å². The van der Waals surface area contributed by atoms with E-state index in [1.807, 2.05) is 0 Å². The van der Waals surface area contributed by atoms with Crippen molar-refractivity contribution >= 4 is 16.8 Å². The Bertz CT molecular complexity index is 234. The molecule has 3 unspecified atom stereocenters. The molecule has 0 spiro atoms. The Balaban J connectivity index is 2.14. The lowest BCUT2D eigenvalue weighted by molar-refractivity contribution is -0.114. The molecule has 0 heterocycles. The van der Waals surface area contributed by atoms with Gasteiger partial charge in [-0.2, -0.15) is 0 Å². The predicted octanol–water partition coefficient (Wildman–Crippen LogP) is 3.21. The van der Waals surface area contributed by atoms with Crippen LogP contribution in [-0.2, 0) is 4.79 Å². The molecule has 2 aliphatic rings. The van der Waals surface area contributed by atoms with Gasteiger partial charge in [0.05, 0.1) is 0 Å². The van der Waals surface area contributed by atoms with Crippen LogP contribution in [0.1, 0.15) is 39.5 Å². The standard InChI is InChI=1S/C11H17ClO/c1-11(2)8-4-3-7(5-8)9(11)6-10(12)13/h7-9H,3-6H2,1-2H3. The van der Waals surface area contributed by atoms with Crippen LogP contribution >= 0.6 is 11.6 Å². The van der Waals surface area contributed by atoms with Gasteiger partial charge in [0.25, 0.3) is 0 Å². The largest absolute Gasteiger partial charge is 0.281 e. The molecule has 74 valence electrons. The number of carbonyl (C=O) groups excluding carboxylic acids is 1. The van der Waals surface area contributed by atoms with Gasteiger partial charge >= 0.3 is 0 Å². The molecule has 0 amide bonds. The quantitative estimate of drug-likeness (QED) is 0.626. The average Bonchev–Trinajstić information content (AvgIpc) is 2.53. The van der Waals surface area contributed by atoms with E-state index in [1.54, 1.807) is 0 Å². The Labute approximate surface area is 84.8 Å². The van der Waals surface area contributed by atoms with Crippen molar-refractivity contribution in [3.63, 3.8) is 0 Å². The maximum absolute atomic E-state index is 10.9. The Morgan fingerprint density at radius 2 is 2.15 bits per heavy atom. The maximum atomic E-state index is 10.9. The predicted molar refractivity (Wildman–Crippen MR) is 53.6 cm³/mol. The molecular formula is C11H17ClO. The molecule has 0 radical (unpaired) electrons. The highest BCUT2D eigenvalue weighted by Crippen LogP contribution is 2.60. The molecule has 0 aromatic heterocycles. The van der Waals surface area contributed by atoms with Gasteiger partial charge in [-0.3, -0.25) is 4.79 Å². The van der Waals surface area contributed by atoms with Gasteiger partial charge in [0.15, 0.2) is 0 Å². The summed E-state index contributed by atoms with van der Waals surface area (Å²) in [6, 6.07) is 0. The summed E-state index contributed by atoms with van der Waals surface area (Å²) < 4.78 is 0. The van der Waals surface area contributed by atoms with Gasteiger partial charge in [0.2, 0.25) is 5.24 Å². The Kier molecular flexibility index (Phi) is 2.18. The average molecular weight is 201 g/mol. The van der Waals surface area contributed by atoms with Crippen molar-refractivity contribution in [2.75, 3.05) is 0 Å². The van der Waals surface area contributed by atoms with Crippen molar-refractivity contribution in [2.24, 2.45) is 23.2 Å². The summed E-state index contributed by atoms with van der Waals surface area (Å²) in [5.74, 6) is 2.18. The molecule has 2 fully saturated rings. The second-order valence-corrected chi connectivity index (χ2v) is 5.68. The van der Waals surface area contributed by atoms with Crippen molar-refractivity contribution in [1.29, 1.82) is 0 Å². The van der Waals surface area contributed by atoms with Gasteiger partial charge in [0.1, 0.15) is 0 Å². The van der Waals surface area contributed by atoms with Crippen molar-refractivity contribution in [3.05, 3.63) is 0 Å². The lowest BCUT2D eigenvalue weighted by Gasteiger charge is -2.37. The van der Waals surface area contributed by atoms with E-state index in [1.165, 1.54) is 19.3 Å². The minimum absolute atomic E-state index is 0.148. The van der Waals surface area contributed by atoms with E-state index in [4.69, 9.17) is 11.6 Å². The summed E-state index contributed by atoms with van der Waals surface area (Å²) in [6.07, 6.45) is 4.62. The molecule has 0 aliphatic heterocycles. The van der Waals surface area contributed by atoms with Crippen LogP contribution < -0.4 is 0 Å². The van der Waals surface area contributed by atoms with Crippen molar-refractivity contribution in [2.45, 2.75) is 39.5 Å². The molecule has 3 atom stereocenters. The highest BCUT2D eigenvalue weighted by atomic mass is 35.5. The van der Waals surface area contributed by atoms with Gasteiger partial charge in [-0.25, -0.2) is 0 Å². The van der Waals surface area contributed by atoms with Gasteiger partial charge in [-0.05, 0) is 54.0 Å². The molecule has 0 saturated heterocycles. The zero-order valence-electron chi connectivity index (χ0n) is 8.35. The zero-order chi connectivity index (χ0) is 9.64. The number of fused-ring (bicyclic) bond motifs is 2. The molecule has 2 heteroatoms. The summed E-state index contributed by atoms with van der Waals surface area (Å²) in [6.45, 7) is 4.61. The first-order valence-electron chi connectivity index (χ1n) is 5.20. The molecule has 0 aromatic rings. The summed E-state index contributed by atoms with van der Waals surface area (Å²) in [5, 5.41) is -0.148. The Morgan fingerprint density at radius 3 is 2.62 bits per heavy atom. The fourth-order valence-corrected chi connectivity index (χ4v) is 3.74. The second kappa shape index (κ2) is 2.98. The second-order valence-electron chi connectivity index (χ2n) is 5.26. The molecule has 2 bridgehead atoms. The minimum Gasteiger partial charge on any atom is -0.281 e. The van der Waals surface area contributed by atoms with Gasteiger partial charge in [-0.15, -0.1) is 0 Å². The lowest BCUT2D eigenvalue weighted by atomic mass is 9.68. The smallest absolute Gasteiger partial charge is 0.221 e. The van der Waals surface area contributed by atoms with Crippen LogP contribution in [0.15, 0.2) is 0 Å². The summed E-state index contributed by atoms with van der Waals surface area (Å²) >= 11 is 5.48. The van der Waals surface area contributed by atoms with Crippen LogP contribution in [0.3, 0.4) is 0 Å². The number of halogens is 1. The third kappa shape index (κ3) is 1.41. The fraction of sp³-hybridized carbons (Fsp3) is 0.909. The van der Waals surface area contributed by atoms with E-state index in [2.05, 4.69) is 13.8 Å². The monoisotopic (exact) mass is 200 g/mol. The molecule has 0 N–H and O–H groups in total. The van der Waals surface area contributed by atoms with E-state index in [0.717, 1.165) is 11.8 Å². The van der Waals surface area contributed by atoms with E-state index in [9.17, 15) is 4.79 Å². The first-order chi connectivity index (χ1) is 6.01. The summed E-state index contributed by atoms with van der Waals surface area (Å²) in [7, 11) is 0. The van der Waals surface area contributed by atoms with Crippen LogP contribution in [-0.4, -0.2) is 5.24 Å².